The summed E-state index contributed by atoms with van der Waals surface area (Å²) >= 11 is 9.17. The Kier molecular flexibility index (Phi) is 5.37. The number of halogens is 2. The van der Waals surface area contributed by atoms with Gasteiger partial charge in [-0.1, -0.05) is 16.4 Å². The third-order valence-electron chi connectivity index (χ3n) is 1.70. The fraction of sp³-hybridized carbons (Fsp3) is 0.125. The van der Waals surface area contributed by atoms with Gasteiger partial charge in [0.2, 0.25) is 0 Å². The van der Waals surface area contributed by atoms with Gasteiger partial charge in [-0.3, -0.25) is 0 Å². The molecular formula is C8H6BrClKN3O2. The van der Waals surface area contributed by atoms with Crippen LogP contribution < -0.4 is 4.84 Å². The standard InChI is InChI=1S/C8H5BrClN3O2.K.H/c1-4(14)15-13-7-5(2-12-13)6(9)3-11-8(7)10;;/h2-3H,1H3;;. The molecule has 0 aliphatic rings. The van der Waals surface area contributed by atoms with Gasteiger partial charge in [0.15, 0.2) is 5.15 Å². The first-order valence-electron chi connectivity index (χ1n) is 3.96. The van der Waals surface area contributed by atoms with E-state index in [0.29, 0.717) is 5.52 Å². The predicted molar refractivity (Wildman–Crippen MR) is 64.6 cm³/mol. The van der Waals surface area contributed by atoms with Crippen molar-refractivity contribution in [1.82, 2.24) is 14.9 Å². The average Bonchev–Trinajstić information content (AvgIpc) is 2.56. The van der Waals surface area contributed by atoms with Gasteiger partial charge in [-0.15, -0.1) is 5.10 Å². The van der Waals surface area contributed by atoms with Crippen LogP contribution in [0.4, 0.5) is 0 Å². The van der Waals surface area contributed by atoms with E-state index >= 15 is 0 Å². The zero-order valence-electron chi connectivity index (χ0n) is 7.57. The number of carbonyl (C=O) groups is 1. The number of carbonyl (C=O) groups excluding carboxylic acids is 1. The van der Waals surface area contributed by atoms with Crippen LogP contribution in [0.15, 0.2) is 16.9 Å². The molecule has 0 N–H and O–H groups in total. The van der Waals surface area contributed by atoms with E-state index in [4.69, 9.17) is 16.4 Å². The van der Waals surface area contributed by atoms with Crippen molar-refractivity contribution in [2.75, 3.05) is 0 Å². The van der Waals surface area contributed by atoms with Crippen molar-refractivity contribution in [1.29, 1.82) is 0 Å². The summed E-state index contributed by atoms with van der Waals surface area (Å²) in [5, 5.41) is 4.84. The molecule has 0 aliphatic heterocycles. The number of pyridine rings is 1. The summed E-state index contributed by atoms with van der Waals surface area (Å²) in [6.07, 6.45) is 3.10. The maximum atomic E-state index is 10.8. The van der Waals surface area contributed by atoms with Crippen LogP contribution in [0.25, 0.3) is 10.9 Å². The quantitative estimate of drug-likeness (QED) is 0.582. The second-order valence-electron chi connectivity index (χ2n) is 2.76. The molecule has 0 fully saturated rings. The van der Waals surface area contributed by atoms with Gasteiger partial charge >= 0.3 is 57.4 Å². The van der Waals surface area contributed by atoms with E-state index in [0.717, 1.165) is 14.7 Å². The van der Waals surface area contributed by atoms with E-state index in [1.165, 1.54) is 13.1 Å². The van der Waals surface area contributed by atoms with Crippen molar-refractivity contribution in [2.45, 2.75) is 6.92 Å². The Labute approximate surface area is 147 Å². The molecule has 0 amide bonds. The Morgan fingerprint density at radius 2 is 2.25 bits per heavy atom. The molecule has 0 bridgehead atoms. The van der Waals surface area contributed by atoms with Crippen LogP contribution in [-0.4, -0.2) is 72.3 Å². The van der Waals surface area contributed by atoms with Crippen LogP contribution >= 0.6 is 27.5 Å². The Balaban J connectivity index is 0.00000128. The van der Waals surface area contributed by atoms with Crippen LogP contribution in [0.5, 0.6) is 0 Å². The van der Waals surface area contributed by atoms with Gasteiger partial charge in [0.1, 0.15) is 5.52 Å². The second-order valence-corrected chi connectivity index (χ2v) is 3.97. The molecule has 0 unspecified atom stereocenters. The van der Waals surface area contributed by atoms with Gasteiger partial charge in [-0.2, -0.15) is 0 Å². The van der Waals surface area contributed by atoms with Gasteiger partial charge in [-0.25, -0.2) is 9.78 Å². The SMILES string of the molecule is CC(=O)On1ncc2c(Br)cnc(Cl)c21.[KH]. The number of rotatable bonds is 1. The first kappa shape index (κ1) is 14.6. The zero-order valence-corrected chi connectivity index (χ0v) is 9.91. The number of hydrogen-bond donors (Lipinski definition) is 0. The first-order valence-corrected chi connectivity index (χ1v) is 5.13. The van der Waals surface area contributed by atoms with E-state index in [1.54, 1.807) is 6.20 Å². The fourth-order valence-electron chi connectivity index (χ4n) is 1.13. The van der Waals surface area contributed by atoms with Gasteiger partial charge in [0.25, 0.3) is 0 Å². The van der Waals surface area contributed by atoms with Gasteiger partial charge in [-0.05, 0) is 15.9 Å². The van der Waals surface area contributed by atoms with Crippen LogP contribution in [0.2, 0.25) is 5.15 Å². The summed E-state index contributed by atoms with van der Waals surface area (Å²) in [7, 11) is 0. The average molecular weight is 331 g/mol. The van der Waals surface area contributed by atoms with E-state index in [-0.39, 0.29) is 56.5 Å². The molecule has 2 aromatic rings. The molecule has 2 aromatic heterocycles. The molecular weight excluding hydrogens is 325 g/mol. The molecule has 5 nitrogen and oxygen atoms in total. The minimum atomic E-state index is -0.476. The first-order chi connectivity index (χ1) is 7.09. The van der Waals surface area contributed by atoms with E-state index < -0.39 is 5.97 Å². The molecule has 0 atom stereocenters. The number of fused-ring (bicyclic) bond motifs is 1. The molecule has 0 aliphatic carbocycles. The van der Waals surface area contributed by atoms with Crippen LogP contribution in [0.3, 0.4) is 0 Å². The molecule has 0 radical (unpaired) electrons. The monoisotopic (exact) mass is 329 g/mol. The molecule has 16 heavy (non-hydrogen) atoms. The Hall–Kier alpha value is 0.496. The molecule has 2 rings (SSSR count). The van der Waals surface area contributed by atoms with Crippen molar-refractivity contribution in [3.63, 3.8) is 0 Å². The summed E-state index contributed by atoms with van der Waals surface area (Å²) in [5.41, 5.74) is 0.459. The molecule has 0 aromatic carbocycles. The summed E-state index contributed by atoms with van der Waals surface area (Å²) in [6.45, 7) is 1.28. The van der Waals surface area contributed by atoms with E-state index in [2.05, 4.69) is 26.0 Å². The van der Waals surface area contributed by atoms with Crippen molar-refractivity contribution in [3.8, 4) is 0 Å². The third-order valence-corrected chi connectivity index (χ3v) is 2.61. The molecule has 0 spiro atoms. The van der Waals surface area contributed by atoms with E-state index in [9.17, 15) is 4.79 Å². The van der Waals surface area contributed by atoms with Crippen molar-refractivity contribution >= 4 is 95.8 Å². The normalized spacial score (nSPS) is 9.94. The number of hydrogen-bond acceptors (Lipinski definition) is 4. The van der Waals surface area contributed by atoms with E-state index in [1.807, 2.05) is 0 Å². The fourth-order valence-corrected chi connectivity index (χ4v) is 1.75. The molecule has 0 saturated heterocycles. The molecule has 2 heterocycles. The van der Waals surface area contributed by atoms with Gasteiger partial charge < -0.3 is 4.84 Å². The Bertz CT molecular complexity index is 545. The predicted octanol–water partition coefficient (Wildman–Crippen LogP) is 1.17. The summed E-state index contributed by atoms with van der Waals surface area (Å²) in [4.78, 5) is 20.6. The summed E-state index contributed by atoms with van der Waals surface area (Å²) < 4.78 is 0.736. The summed E-state index contributed by atoms with van der Waals surface area (Å²) in [6, 6.07) is 0. The topological polar surface area (TPSA) is 57.0 Å². The number of nitrogens with zero attached hydrogens (tertiary/aromatic N) is 3. The number of aromatic nitrogens is 3. The third kappa shape index (κ3) is 2.84. The van der Waals surface area contributed by atoms with Crippen LogP contribution in [-0.2, 0) is 4.79 Å². The van der Waals surface area contributed by atoms with Gasteiger partial charge in [0, 0.05) is 23.0 Å². The van der Waals surface area contributed by atoms with Crippen molar-refractivity contribution in [2.24, 2.45) is 0 Å². The Morgan fingerprint density at radius 1 is 1.56 bits per heavy atom. The minimum absolute atomic E-state index is 0. The molecule has 8 heteroatoms. The van der Waals surface area contributed by atoms with Crippen LogP contribution in [0.1, 0.15) is 6.92 Å². The second kappa shape index (κ2) is 5.90. The van der Waals surface area contributed by atoms with Gasteiger partial charge in [0.05, 0.1) is 6.20 Å². The summed E-state index contributed by atoms with van der Waals surface area (Å²) in [5.74, 6) is -0.476. The van der Waals surface area contributed by atoms with Crippen molar-refractivity contribution < 1.29 is 9.63 Å². The Morgan fingerprint density at radius 3 is 2.88 bits per heavy atom. The zero-order chi connectivity index (χ0) is 11.0. The molecule has 80 valence electrons. The van der Waals surface area contributed by atoms with Crippen molar-refractivity contribution in [3.05, 3.63) is 22.0 Å². The van der Waals surface area contributed by atoms with Crippen LogP contribution in [0, 0.1) is 0 Å². The maximum absolute atomic E-state index is 10.8. The molecule has 0 saturated carbocycles.